The van der Waals surface area contributed by atoms with Gasteiger partial charge < -0.3 is 5.73 Å². The first-order valence-corrected chi connectivity index (χ1v) is 4.33. The van der Waals surface area contributed by atoms with Crippen molar-refractivity contribution in [1.29, 1.82) is 0 Å². The number of hydrogen-bond acceptors (Lipinski definition) is 4. The Morgan fingerprint density at radius 3 is 2.67 bits per heavy atom. The number of nitrogen functional groups attached to an aromatic ring is 1. The first-order chi connectivity index (χ1) is 6.97. The monoisotopic (exact) mass is 232 g/mol. The molecule has 15 heavy (non-hydrogen) atoms. The van der Waals surface area contributed by atoms with E-state index >= 15 is 0 Å². The van der Waals surface area contributed by atoms with E-state index in [1.807, 2.05) is 0 Å². The molecule has 0 bridgehead atoms. The molecular weight excluding hydrogens is 227 g/mol. The van der Waals surface area contributed by atoms with E-state index in [0.717, 1.165) is 12.1 Å². The number of nitrogens with zero attached hydrogens (tertiary/aromatic N) is 1. The Hall–Kier alpha value is -1.69. The number of nitro benzene ring substituents is 1. The number of nitro groups is 1. The van der Waals surface area contributed by atoms with Gasteiger partial charge in [-0.1, -0.05) is 0 Å². The predicted octanol–water partition coefficient (Wildman–Crippen LogP) is 1.74. The van der Waals surface area contributed by atoms with E-state index in [2.05, 4.69) is 0 Å². The zero-order chi connectivity index (χ0) is 11.6. The summed E-state index contributed by atoms with van der Waals surface area (Å²) in [5.41, 5.74) is 3.94. The van der Waals surface area contributed by atoms with Crippen molar-refractivity contribution in [3.8, 4) is 0 Å². The van der Waals surface area contributed by atoms with Gasteiger partial charge in [-0.2, -0.15) is 0 Å². The number of halogens is 2. The first kappa shape index (κ1) is 11.4. The number of carbonyl (C=O) groups excluding carboxylic acids is 1. The van der Waals surface area contributed by atoms with Gasteiger partial charge in [-0.05, 0) is 0 Å². The lowest BCUT2D eigenvalue weighted by Gasteiger charge is -2.02. The summed E-state index contributed by atoms with van der Waals surface area (Å²) in [6.07, 6.45) is 0. The van der Waals surface area contributed by atoms with Crippen LogP contribution < -0.4 is 5.73 Å². The van der Waals surface area contributed by atoms with Crippen molar-refractivity contribution in [2.24, 2.45) is 0 Å². The van der Waals surface area contributed by atoms with Crippen molar-refractivity contribution in [3.05, 3.63) is 33.6 Å². The Morgan fingerprint density at radius 1 is 1.60 bits per heavy atom. The lowest BCUT2D eigenvalue weighted by atomic mass is 10.1. The summed E-state index contributed by atoms with van der Waals surface area (Å²) in [5.74, 6) is -2.08. The highest BCUT2D eigenvalue weighted by molar-refractivity contribution is 6.30. The fourth-order valence-electron chi connectivity index (χ4n) is 1.02. The molecule has 1 rings (SSSR count). The summed E-state index contributed by atoms with van der Waals surface area (Å²) >= 11 is 5.21. The highest BCUT2D eigenvalue weighted by Gasteiger charge is 2.19. The van der Waals surface area contributed by atoms with Crippen LogP contribution in [0.3, 0.4) is 0 Å². The predicted molar refractivity (Wildman–Crippen MR) is 52.5 cm³/mol. The average molecular weight is 233 g/mol. The molecule has 1 aromatic carbocycles. The van der Waals surface area contributed by atoms with Crippen LogP contribution in [0.4, 0.5) is 15.8 Å². The van der Waals surface area contributed by atoms with Gasteiger partial charge in [0.25, 0.3) is 5.69 Å². The largest absolute Gasteiger partial charge is 0.393 e. The molecule has 0 spiro atoms. The van der Waals surface area contributed by atoms with Crippen LogP contribution in [0.2, 0.25) is 0 Å². The van der Waals surface area contributed by atoms with E-state index in [4.69, 9.17) is 17.3 Å². The summed E-state index contributed by atoms with van der Waals surface area (Å²) in [4.78, 5) is 20.7. The van der Waals surface area contributed by atoms with Gasteiger partial charge in [0.2, 0.25) is 0 Å². The third-order valence-electron chi connectivity index (χ3n) is 1.73. The molecule has 2 N–H and O–H groups in total. The van der Waals surface area contributed by atoms with Gasteiger partial charge in [-0.15, -0.1) is 11.6 Å². The van der Waals surface area contributed by atoms with Gasteiger partial charge in [-0.3, -0.25) is 14.9 Å². The van der Waals surface area contributed by atoms with E-state index < -0.39 is 33.7 Å². The third kappa shape index (κ3) is 2.21. The average Bonchev–Trinajstić information content (AvgIpc) is 2.16. The van der Waals surface area contributed by atoms with Crippen molar-refractivity contribution in [2.45, 2.75) is 0 Å². The second-order valence-electron chi connectivity index (χ2n) is 2.70. The molecule has 0 aliphatic rings. The number of anilines is 1. The fourth-order valence-corrected chi connectivity index (χ4v) is 1.16. The Balaban J connectivity index is 3.36. The first-order valence-electron chi connectivity index (χ1n) is 3.80. The molecule has 0 aliphatic carbocycles. The summed E-state index contributed by atoms with van der Waals surface area (Å²) in [7, 11) is 0. The van der Waals surface area contributed by atoms with E-state index in [-0.39, 0.29) is 5.69 Å². The van der Waals surface area contributed by atoms with Crippen LogP contribution in [0, 0.1) is 15.9 Å². The van der Waals surface area contributed by atoms with E-state index in [1.165, 1.54) is 0 Å². The quantitative estimate of drug-likeness (QED) is 0.283. The van der Waals surface area contributed by atoms with Crippen LogP contribution in [-0.2, 0) is 0 Å². The Morgan fingerprint density at radius 2 is 2.20 bits per heavy atom. The molecule has 80 valence electrons. The van der Waals surface area contributed by atoms with Crippen LogP contribution in [-0.4, -0.2) is 16.6 Å². The summed E-state index contributed by atoms with van der Waals surface area (Å²) in [6.45, 7) is 0. The smallest absolute Gasteiger partial charge is 0.293 e. The molecule has 0 radical (unpaired) electrons. The number of ketones is 1. The van der Waals surface area contributed by atoms with Crippen LogP contribution in [0.5, 0.6) is 0 Å². The fraction of sp³-hybridized carbons (Fsp3) is 0.125. The van der Waals surface area contributed by atoms with Gasteiger partial charge in [-0.25, -0.2) is 4.39 Å². The minimum atomic E-state index is -0.913. The van der Waals surface area contributed by atoms with Gasteiger partial charge in [0.15, 0.2) is 5.78 Å². The van der Waals surface area contributed by atoms with Crippen LogP contribution in [0.1, 0.15) is 10.4 Å². The molecule has 0 aliphatic heterocycles. The molecule has 0 heterocycles. The minimum absolute atomic E-state index is 0.330. The summed E-state index contributed by atoms with van der Waals surface area (Å²) < 4.78 is 13.1. The number of alkyl halides is 1. The van der Waals surface area contributed by atoms with E-state index in [1.54, 1.807) is 0 Å². The minimum Gasteiger partial charge on any atom is -0.393 e. The lowest BCUT2D eigenvalue weighted by Crippen LogP contribution is -2.06. The molecule has 0 aromatic heterocycles. The molecule has 5 nitrogen and oxygen atoms in total. The number of rotatable bonds is 3. The maximum atomic E-state index is 13.1. The zero-order valence-corrected chi connectivity index (χ0v) is 8.12. The zero-order valence-electron chi connectivity index (χ0n) is 7.37. The molecule has 0 fully saturated rings. The number of Topliss-reactive ketones (excluding diaryl/α,β-unsaturated/α-hetero) is 1. The second kappa shape index (κ2) is 4.22. The third-order valence-corrected chi connectivity index (χ3v) is 1.98. The number of nitrogens with two attached hydrogens (primary N) is 1. The topological polar surface area (TPSA) is 86.2 Å². The molecule has 0 amide bonds. The van der Waals surface area contributed by atoms with Gasteiger partial charge in [0, 0.05) is 12.1 Å². The highest BCUT2D eigenvalue weighted by atomic mass is 35.5. The van der Waals surface area contributed by atoms with Gasteiger partial charge in [0.05, 0.1) is 16.4 Å². The Kier molecular flexibility index (Phi) is 3.21. The summed E-state index contributed by atoms with van der Waals surface area (Å²) in [6, 6.07) is 1.52. The molecule has 0 saturated carbocycles. The maximum absolute atomic E-state index is 13.1. The van der Waals surface area contributed by atoms with Crippen molar-refractivity contribution < 1.29 is 14.1 Å². The van der Waals surface area contributed by atoms with E-state index in [0.29, 0.717) is 0 Å². The highest BCUT2D eigenvalue weighted by Crippen LogP contribution is 2.25. The van der Waals surface area contributed by atoms with Crippen LogP contribution in [0.15, 0.2) is 12.1 Å². The van der Waals surface area contributed by atoms with Crippen molar-refractivity contribution in [1.82, 2.24) is 0 Å². The van der Waals surface area contributed by atoms with E-state index in [9.17, 15) is 19.3 Å². The SMILES string of the molecule is Nc1cc(F)c(C(=O)CCl)cc1[N+](=O)[O-]. The number of hydrogen-bond donors (Lipinski definition) is 1. The standard InChI is InChI=1S/C8H6ClFN2O3/c9-3-8(13)4-1-7(12(14)15)6(11)2-5(4)10/h1-2H,3,11H2. The molecule has 0 atom stereocenters. The molecule has 7 heteroatoms. The Bertz CT molecular complexity index is 436. The Labute approximate surface area is 88.8 Å². The molecule has 0 saturated heterocycles. The second-order valence-corrected chi connectivity index (χ2v) is 2.97. The lowest BCUT2D eigenvalue weighted by molar-refractivity contribution is -0.384. The van der Waals surface area contributed by atoms with Crippen molar-refractivity contribution >= 4 is 28.8 Å². The van der Waals surface area contributed by atoms with Gasteiger partial charge in [0.1, 0.15) is 11.5 Å². The molecule has 1 aromatic rings. The molecule has 0 unspecified atom stereocenters. The van der Waals surface area contributed by atoms with Crippen LogP contribution >= 0.6 is 11.6 Å². The normalized spacial score (nSPS) is 10.0. The summed E-state index contributed by atoms with van der Waals surface area (Å²) in [5, 5.41) is 10.5. The maximum Gasteiger partial charge on any atom is 0.293 e. The van der Waals surface area contributed by atoms with Crippen LogP contribution in [0.25, 0.3) is 0 Å². The number of benzene rings is 1. The van der Waals surface area contributed by atoms with Crippen molar-refractivity contribution in [2.75, 3.05) is 11.6 Å². The number of carbonyl (C=O) groups is 1. The van der Waals surface area contributed by atoms with Crippen molar-refractivity contribution in [3.63, 3.8) is 0 Å². The molecular formula is C8H6ClFN2O3. The van der Waals surface area contributed by atoms with Gasteiger partial charge >= 0.3 is 0 Å².